The number of benzene rings is 3. The molecule has 35 heavy (non-hydrogen) atoms. The fourth-order valence-electron chi connectivity index (χ4n) is 3.97. The first-order valence-electron chi connectivity index (χ1n) is 11.6. The van der Waals surface area contributed by atoms with E-state index in [1.165, 1.54) is 0 Å². The van der Waals surface area contributed by atoms with E-state index in [9.17, 15) is 9.90 Å². The van der Waals surface area contributed by atoms with Gasteiger partial charge in [0, 0.05) is 32.4 Å². The van der Waals surface area contributed by atoms with Crippen molar-refractivity contribution in [3.8, 4) is 11.3 Å². The molecule has 2 unspecified atom stereocenters. The van der Waals surface area contributed by atoms with Gasteiger partial charge in [0.2, 0.25) is 5.95 Å². The number of likely N-dealkylation sites (N-methyl/N-ethyl adjacent to an activating group) is 1. The van der Waals surface area contributed by atoms with Gasteiger partial charge in [0.1, 0.15) is 0 Å². The third-order valence-electron chi connectivity index (χ3n) is 6.19. The normalized spacial score (nSPS) is 12.6. The Morgan fingerprint density at radius 2 is 1.46 bits per heavy atom. The molecule has 0 spiro atoms. The number of aliphatic hydroxyl groups is 1. The summed E-state index contributed by atoms with van der Waals surface area (Å²) < 4.78 is 0. The van der Waals surface area contributed by atoms with Gasteiger partial charge < -0.3 is 14.9 Å². The zero-order chi connectivity index (χ0) is 24.8. The lowest BCUT2D eigenvalue weighted by Crippen LogP contribution is -2.39. The quantitative estimate of drug-likeness (QED) is 0.397. The lowest BCUT2D eigenvalue weighted by molar-refractivity contribution is 0.0487. The van der Waals surface area contributed by atoms with Crippen LogP contribution in [0.25, 0.3) is 11.3 Å². The highest BCUT2D eigenvalue weighted by Crippen LogP contribution is 2.27. The molecular weight excluding hydrogens is 436 g/mol. The summed E-state index contributed by atoms with van der Waals surface area (Å²) in [5.74, 6) is 0.285. The Morgan fingerprint density at radius 3 is 2.09 bits per heavy atom. The van der Waals surface area contributed by atoms with Crippen LogP contribution in [-0.4, -0.2) is 46.0 Å². The highest BCUT2D eigenvalue weighted by atomic mass is 16.3. The molecule has 0 saturated heterocycles. The maximum Gasteiger partial charge on any atom is 0.257 e. The summed E-state index contributed by atoms with van der Waals surface area (Å²) in [5, 5.41) is 10.9. The zero-order valence-electron chi connectivity index (χ0n) is 20.2. The molecular formula is C29H30N4O2. The van der Waals surface area contributed by atoms with Crippen molar-refractivity contribution in [2.45, 2.75) is 25.6 Å². The lowest BCUT2D eigenvalue weighted by Gasteiger charge is -2.30. The van der Waals surface area contributed by atoms with E-state index in [0.717, 1.165) is 16.7 Å². The van der Waals surface area contributed by atoms with Crippen LogP contribution in [0.2, 0.25) is 0 Å². The highest BCUT2D eigenvalue weighted by molar-refractivity contribution is 5.99. The fraction of sp³-hybridized carbons (Fsp3) is 0.207. The molecule has 4 aromatic rings. The molecule has 1 amide bonds. The minimum Gasteiger partial charge on any atom is -0.386 e. The molecule has 178 valence electrons. The first-order chi connectivity index (χ1) is 17.0. The molecule has 0 radical (unpaired) electrons. The third-order valence-corrected chi connectivity index (χ3v) is 6.19. The van der Waals surface area contributed by atoms with E-state index in [4.69, 9.17) is 4.98 Å². The second-order valence-corrected chi connectivity index (χ2v) is 8.65. The topological polar surface area (TPSA) is 69.6 Å². The summed E-state index contributed by atoms with van der Waals surface area (Å²) in [6, 6.07) is 28.7. The Labute approximate surface area is 206 Å². The Balaban J connectivity index is 1.65. The van der Waals surface area contributed by atoms with Gasteiger partial charge in [-0.25, -0.2) is 9.97 Å². The molecule has 1 N–H and O–H groups in total. The van der Waals surface area contributed by atoms with Crippen molar-refractivity contribution in [1.82, 2.24) is 14.9 Å². The van der Waals surface area contributed by atoms with E-state index in [2.05, 4.69) is 17.1 Å². The van der Waals surface area contributed by atoms with E-state index in [-0.39, 0.29) is 5.91 Å². The van der Waals surface area contributed by atoms with Crippen molar-refractivity contribution in [1.29, 1.82) is 0 Å². The van der Waals surface area contributed by atoms with Crippen LogP contribution in [0, 0.1) is 0 Å². The molecule has 6 nitrogen and oxygen atoms in total. The number of anilines is 1. The van der Waals surface area contributed by atoms with Crippen LogP contribution in [0.4, 0.5) is 5.95 Å². The average molecular weight is 467 g/mol. The van der Waals surface area contributed by atoms with Crippen molar-refractivity contribution in [3.05, 3.63) is 114 Å². The molecule has 0 fully saturated rings. The van der Waals surface area contributed by atoms with Crippen molar-refractivity contribution in [2.24, 2.45) is 0 Å². The monoisotopic (exact) mass is 466 g/mol. The molecule has 1 heterocycles. The predicted molar refractivity (Wildman–Crippen MR) is 139 cm³/mol. The standard InChI is InChI=1S/C29H30N4O2/c1-21(27(34)24-17-11-6-12-18-24)33(3)28(35)25-19-30-29(31-26(25)23-15-9-5-10-16-23)32(2)20-22-13-7-4-8-14-22/h4-19,21,27,34H,20H2,1-3H3. The van der Waals surface area contributed by atoms with Crippen molar-refractivity contribution < 1.29 is 9.90 Å². The molecule has 0 aliphatic heterocycles. The minimum atomic E-state index is -0.817. The number of hydrogen-bond acceptors (Lipinski definition) is 5. The summed E-state index contributed by atoms with van der Waals surface area (Å²) in [5.41, 5.74) is 3.69. The van der Waals surface area contributed by atoms with Crippen molar-refractivity contribution in [2.75, 3.05) is 19.0 Å². The van der Waals surface area contributed by atoms with Crippen LogP contribution in [0.15, 0.2) is 97.2 Å². The zero-order valence-corrected chi connectivity index (χ0v) is 20.2. The fourth-order valence-corrected chi connectivity index (χ4v) is 3.97. The van der Waals surface area contributed by atoms with Gasteiger partial charge in [-0.15, -0.1) is 0 Å². The van der Waals surface area contributed by atoms with E-state index in [1.54, 1.807) is 18.1 Å². The smallest absolute Gasteiger partial charge is 0.257 e. The maximum absolute atomic E-state index is 13.6. The van der Waals surface area contributed by atoms with Crippen LogP contribution in [0.3, 0.4) is 0 Å². The SMILES string of the molecule is CC(C(O)c1ccccc1)N(C)C(=O)c1cnc(N(C)Cc2ccccc2)nc1-c1ccccc1. The predicted octanol–water partition coefficient (Wildman–Crippen LogP) is 4.97. The number of amides is 1. The van der Waals surface area contributed by atoms with Crippen molar-refractivity contribution >= 4 is 11.9 Å². The van der Waals surface area contributed by atoms with Crippen LogP contribution in [0.1, 0.15) is 34.5 Å². The number of aliphatic hydroxyl groups excluding tert-OH is 1. The first-order valence-corrected chi connectivity index (χ1v) is 11.6. The molecule has 2 atom stereocenters. The van der Waals surface area contributed by atoms with Gasteiger partial charge in [0.15, 0.2) is 0 Å². The van der Waals surface area contributed by atoms with Gasteiger partial charge in [-0.3, -0.25) is 4.79 Å². The average Bonchev–Trinajstić information content (AvgIpc) is 2.92. The van der Waals surface area contributed by atoms with Gasteiger partial charge in [-0.05, 0) is 18.1 Å². The van der Waals surface area contributed by atoms with E-state index < -0.39 is 12.1 Å². The third kappa shape index (κ3) is 5.55. The molecule has 6 heteroatoms. The number of nitrogens with zero attached hydrogens (tertiary/aromatic N) is 4. The van der Waals surface area contributed by atoms with E-state index >= 15 is 0 Å². The van der Waals surface area contributed by atoms with Crippen molar-refractivity contribution in [3.63, 3.8) is 0 Å². The highest BCUT2D eigenvalue weighted by Gasteiger charge is 2.27. The Morgan fingerprint density at radius 1 is 0.886 bits per heavy atom. The molecule has 3 aromatic carbocycles. The molecule has 1 aromatic heterocycles. The van der Waals surface area contributed by atoms with Gasteiger partial charge >= 0.3 is 0 Å². The molecule has 0 bridgehead atoms. The van der Waals surface area contributed by atoms with E-state index in [1.807, 2.05) is 97.7 Å². The summed E-state index contributed by atoms with van der Waals surface area (Å²) in [6.07, 6.45) is 0.773. The second-order valence-electron chi connectivity index (χ2n) is 8.65. The lowest BCUT2D eigenvalue weighted by atomic mass is 10.0. The molecule has 0 aliphatic carbocycles. The first kappa shape index (κ1) is 24.1. The molecule has 4 rings (SSSR count). The van der Waals surface area contributed by atoms with Crippen LogP contribution >= 0.6 is 0 Å². The van der Waals surface area contributed by atoms with Gasteiger partial charge in [0.05, 0.1) is 23.4 Å². The summed E-state index contributed by atoms with van der Waals surface area (Å²) in [6.45, 7) is 2.48. The van der Waals surface area contributed by atoms with Gasteiger partial charge in [0.25, 0.3) is 5.91 Å². The molecule has 0 saturated carbocycles. The maximum atomic E-state index is 13.6. The minimum absolute atomic E-state index is 0.247. The number of hydrogen-bond donors (Lipinski definition) is 1. The summed E-state index contributed by atoms with van der Waals surface area (Å²) in [4.78, 5) is 26.5. The van der Waals surface area contributed by atoms with Gasteiger partial charge in [-0.2, -0.15) is 0 Å². The summed E-state index contributed by atoms with van der Waals surface area (Å²) in [7, 11) is 3.63. The largest absolute Gasteiger partial charge is 0.386 e. The Kier molecular flexibility index (Phi) is 7.53. The van der Waals surface area contributed by atoms with Crippen LogP contribution in [0.5, 0.6) is 0 Å². The number of carbonyl (C=O) groups excluding carboxylic acids is 1. The number of rotatable bonds is 8. The Hall–Kier alpha value is -4.03. The van der Waals surface area contributed by atoms with Crippen LogP contribution in [-0.2, 0) is 6.54 Å². The molecule has 0 aliphatic rings. The van der Waals surface area contributed by atoms with Gasteiger partial charge in [-0.1, -0.05) is 91.0 Å². The van der Waals surface area contributed by atoms with E-state index in [0.29, 0.717) is 23.8 Å². The summed E-state index contributed by atoms with van der Waals surface area (Å²) >= 11 is 0. The number of aromatic nitrogens is 2. The second kappa shape index (κ2) is 10.9. The Bertz CT molecular complexity index is 1250. The van der Waals surface area contributed by atoms with Crippen LogP contribution < -0.4 is 4.90 Å². The number of carbonyl (C=O) groups is 1.